The van der Waals surface area contributed by atoms with Crippen molar-refractivity contribution in [3.05, 3.63) is 0 Å². The number of carbonyl (C=O) groups excluding carboxylic acids is 1. The van der Waals surface area contributed by atoms with Crippen molar-refractivity contribution in [3.63, 3.8) is 0 Å². The van der Waals surface area contributed by atoms with E-state index in [1.807, 2.05) is 21.0 Å². The van der Waals surface area contributed by atoms with E-state index in [-0.39, 0.29) is 5.91 Å². The van der Waals surface area contributed by atoms with Crippen LogP contribution in [0.15, 0.2) is 0 Å². The van der Waals surface area contributed by atoms with Crippen LogP contribution < -0.4 is 11.1 Å². The lowest BCUT2D eigenvalue weighted by Gasteiger charge is -2.37. The first kappa shape index (κ1) is 14.2. The zero-order valence-corrected chi connectivity index (χ0v) is 12.5. The first-order valence-corrected chi connectivity index (χ1v) is 7.65. The molecular formula is C13H25N3OS. The molecule has 0 aromatic rings. The number of amides is 1. The minimum atomic E-state index is -0.421. The van der Waals surface area contributed by atoms with Gasteiger partial charge in [-0.15, -0.1) is 11.8 Å². The number of hydrogen-bond acceptors (Lipinski definition) is 4. The average Bonchev–Trinajstić information content (AvgIpc) is 2.68. The molecule has 1 heterocycles. The number of nitrogens with zero attached hydrogens (tertiary/aromatic N) is 1. The van der Waals surface area contributed by atoms with Crippen molar-refractivity contribution in [2.75, 3.05) is 20.6 Å². The molecule has 0 aromatic heterocycles. The van der Waals surface area contributed by atoms with Gasteiger partial charge in [-0.2, -0.15) is 0 Å². The first-order chi connectivity index (χ1) is 8.37. The summed E-state index contributed by atoms with van der Waals surface area (Å²) in [7, 11) is 3.62. The fourth-order valence-corrected chi connectivity index (χ4v) is 4.81. The molecule has 4 nitrogen and oxygen atoms in total. The van der Waals surface area contributed by atoms with Crippen LogP contribution in [-0.4, -0.2) is 41.2 Å². The fraction of sp³-hybridized carbons (Fsp3) is 0.923. The van der Waals surface area contributed by atoms with Gasteiger partial charge in [0.1, 0.15) is 9.74 Å². The first-order valence-electron chi connectivity index (χ1n) is 6.83. The van der Waals surface area contributed by atoms with Crippen molar-refractivity contribution in [2.24, 2.45) is 11.7 Å². The number of nitrogens with two attached hydrogens (primary N) is 1. The van der Waals surface area contributed by atoms with Crippen LogP contribution >= 0.6 is 11.8 Å². The van der Waals surface area contributed by atoms with Crippen molar-refractivity contribution >= 4 is 17.7 Å². The summed E-state index contributed by atoms with van der Waals surface area (Å²) in [6.07, 6.45) is 6.23. The van der Waals surface area contributed by atoms with E-state index < -0.39 is 9.74 Å². The molecule has 1 aliphatic heterocycles. The molecule has 5 heteroatoms. The van der Waals surface area contributed by atoms with Crippen molar-refractivity contribution in [1.82, 2.24) is 10.2 Å². The molecule has 104 valence electrons. The summed E-state index contributed by atoms with van der Waals surface area (Å²) in [6.45, 7) is 2.67. The lowest BCUT2D eigenvalue weighted by molar-refractivity contribution is -0.130. The predicted molar refractivity (Wildman–Crippen MR) is 76.2 cm³/mol. The molecule has 2 rings (SSSR count). The summed E-state index contributed by atoms with van der Waals surface area (Å²) in [5, 5.41) is 3.42. The van der Waals surface area contributed by atoms with Gasteiger partial charge in [-0.25, -0.2) is 0 Å². The smallest absolute Gasteiger partial charge is 0.239 e. The molecular weight excluding hydrogens is 246 g/mol. The summed E-state index contributed by atoms with van der Waals surface area (Å²) >= 11 is 1.63. The van der Waals surface area contributed by atoms with Crippen LogP contribution in [0.25, 0.3) is 0 Å². The predicted octanol–water partition coefficient (Wildman–Crippen LogP) is 1.36. The Hall–Kier alpha value is -0.260. The zero-order valence-electron chi connectivity index (χ0n) is 11.7. The second-order valence-electron chi connectivity index (χ2n) is 6.01. The Kier molecular flexibility index (Phi) is 3.95. The number of carbonyl (C=O) groups is 1. The quantitative estimate of drug-likeness (QED) is 0.796. The average molecular weight is 271 g/mol. The highest BCUT2D eigenvalue weighted by Gasteiger charge is 2.52. The molecule has 0 aromatic carbocycles. The van der Waals surface area contributed by atoms with Gasteiger partial charge in [-0.1, -0.05) is 19.3 Å². The van der Waals surface area contributed by atoms with Crippen molar-refractivity contribution in [1.29, 1.82) is 0 Å². The minimum Gasteiger partial charge on any atom is -0.348 e. The van der Waals surface area contributed by atoms with Crippen LogP contribution in [0.2, 0.25) is 0 Å². The Bertz CT molecular complexity index is 330. The maximum Gasteiger partial charge on any atom is 0.239 e. The maximum absolute atomic E-state index is 12.2. The van der Waals surface area contributed by atoms with Gasteiger partial charge in [-0.3, -0.25) is 10.1 Å². The van der Waals surface area contributed by atoms with Crippen molar-refractivity contribution in [3.8, 4) is 0 Å². The highest BCUT2D eigenvalue weighted by atomic mass is 32.2. The second kappa shape index (κ2) is 5.02. The van der Waals surface area contributed by atoms with Gasteiger partial charge >= 0.3 is 0 Å². The Labute approximate surface area is 114 Å². The SMILES string of the molecule is CN(C)C(=O)C1(C)CNC(N)(C2CCCCC2)S1. The van der Waals surface area contributed by atoms with Crippen LogP contribution in [0.1, 0.15) is 39.0 Å². The third kappa shape index (κ3) is 2.53. The largest absolute Gasteiger partial charge is 0.348 e. The van der Waals surface area contributed by atoms with E-state index in [1.54, 1.807) is 16.7 Å². The van der Waals surface area contributed by atoms with Crippen LogP contribution in [0.4, 0.5) is 0 Å². The fourth-order valence-electron chi connectivity index (χ4n) is 3.10. The highest BCUT2D eigenvalue weighted by molar-refractivity contribution is 8.02. The second-order valence-corrected chi connectivity index (χ2v) is 7.79. The number of rotatable bonds is 2. The van der Waals surface area contributed by atoms with E-state index in [0.717, 1.165) is 0 Å². The van der Waals surface area contributed by atoms with Crippen LogP contribution in [0.5, 0.6) is 0 Å². The highest BCUT2D eigenvalue weighted by Crippen LogP contribution is 2.46. The normalized spacial score (nSPS) is 37.8. The summed E-state index contributed by atoms with van der Waals surface area (Å²) in [6, 6.07) is 0. The molecule has 18 heavy (non-hydrogen) atoms. The van der Waals surface area contributed by atoms with E-state index in [2.05, 4.69) is 5.32 Å². The Morgan fingerprint density at radius 3 is 2.50 bits per heavy atom. The van der Waals surface area contributed by atoms with Crippen LogP contribution in [0.3, 0.4) is 0 Å². The molecule has 0 bridgehead atoms. The van der Waals surface area contributed by atoms with Crippen molar-refractivity contribution in [2.45, 2.75) is 48.8 Å². The molecule has 1 aliphatic carbocycles. The summed E-state index contributed by atoms with van der Waals surface area (Å²) < 4.78 is -0.421. The van der Waals surface area contributed by atoms with E-state index in [9.17, 15) is 4.79 Å². The molecule has 1 saturated carbocycles. The Morgan fingerprint density at radius 1 is 1.33 bits per heavy atom. The monoisotopic (exact) mass is 271 g/mol. The molecule has 2 unspecified atom stereocenters. The van der Waals surface area contributed by atoms with Gasteiger partial charge in [-0.05, 0) is 25.7 Å². The zero-order chi connectivity index (χ0) is 13.4. The van der Waals surface area contributed by atoms with Gasteiger partial charge in [0, 0.05) is 20.6 Å². The third-order valence-electron chi connectivity index (χ3n) is 4.17. The Balaban J connectivity index is 2.08. The lowest BCUT2D eigenvalue weighted by Crippen LogP contribution is -2.53. The van der Waals surface area contributed by atoms with Crippen LogP contribution in [0, 0.1) is 5.92 Å². The van der Waals surface area contributed by atoms with Crippen LogP contribution in [-0.2, 0) is 4.79 Å². The molecule has 1 amide bonds. The molecule has 3 N–H and O–H groups in total. The minimum absolute atomic E-state index is 0.156. The Morgan fingerprint density at radius 2 is 1.94 bits per heavy atom. The summed E-state index contributed by atoms with van der Waals surface area (Å²) in [4.78, 5) is 13.5. The molecule has 2 fully saturated rings. The van der Waals surface area contributed by atoms with Gasteiger partial charge in [0.2, 0.25) is 5.91 Å². The molecule has 0 spiro atoms. The standard InChI is InChI=1S/C13H25N3OS/c1-12(11(17)16(2)3)9-15-13(14,18-12)10-7-5-4-6-8-10/h10,15H,4-9,14H2,1-3H3. The maximum atomic E-state index is 12.2. The van der Waals surface area contributed by atoms with E-state index in [4.69, 9.17) is 5.73 Å². The van der Waals surface area contributed by atoms with Gasteiger partial charge < -0.3 is 10.6 Å². The number of hydrogen-bond donors (Lipinski definition) is 2. The summed E-state index contributed by atoms with van der Waals surface area (Å²) in [5.41, 5.74) is 6.53. The molecule has 0 radical (unpaired) electrons. The topological polar surface area (TPSA) is 58.4 Å². The molecule has 2 aliphatic rings. The van der Waals surface area contributed by atoms with E-state index in [0.29, 0.717) is 12.5 Å². The number of nitrogens with one attached hydrogen (secondary N) is 1. The van der Waals surface area contributed by atoms with Crippen molar-refractivity contribution < 1.29 is 4.79 Å². The van der Waals surface area contributed by atoms with Gasteiger partial charge in [0.05, 0.1) is 0 Å². The third-order valence-corrected chi connectivity index (χ3v) is 5.75. The number of thioether (sulfide) groups is 1. The van der Waals surface area contributed by atoms with E-state index >= 15 is 0 Å². The summed E-state index contributed by atoms with van der Waals surface area (Å²) in [5.74, 6) is 0.649. The molecule has 1 saturated heterocycles. The lowest BCUT2D eigenvalue weighted by atomic mass is 9.87. The van der Waals surface area contributed by atoms with E-state index in [1.165, 1.54) is 32.1 Å². The molecule has 2 atom stereocenters. The van der Waals surface area contributed by atoms with Gasteiger partial charge in [0.15, 0.2) is 0 Å². The van der Waals surface area contributed by atoms with Gasteiger partial charge in [0.25, 0.3) is 0 Å².